The van der Waals surface area contributed by atoms with Gasteiger partial charge in [0.15, 0.2) is 0 Å². The van der Waals surface area contributed by atoms with Crippen molar-refractivity contribution < 1.29 is 0 Å². The Labute approximate surface area is 329 Å². The Morgan fingerprint density at radius 1 is 0.500 bits per heavy atom. The van der Waals surface area contributed by atoms with E-state index in [4.69, 9.17) is 0 Å². The molecule has 0 N–H and O–H groups in total. The lowest BCUT2D eigenvalue weighted by molar-refractivity contribution is 0.632. The summed E-state index contributed by atoms with van der Waals surface area (Å²) in [7, 11) is 4.38. The highest BCUT2D eigenvalue weighted by Crippen LogP contribution is 2.57. The molecule has 12 rings (SSSR count). The largest absolute Gasteiger partial charge is 0.347 e. The first-order valence-corrected chi connectivity index (χ1v) is 20.2. The highest BCUT2D eigenvalue weighted by Gasteiger charge is 2.40. The predicted octanol–water partition coefficient (Wildman–Crippen LogP) is 13.7. The van der Waals surface area contributed by atoms with E-state index in [0.717, 1.165) is 6.42 Å². The Bertz CT molecular complexity index is 3140. The van der Waals surface area contributed by atoms with Gasteiger partial charge in [0.25, 0.3) is 0 Å². The number of fused-ring (bicyclic) bond motifs is 10. The number of hydrogen-bond acceptors (Lipinski definition) is 1. The Balaban J connectivity index is 0.977. The van der Waals surface area contributed by atoms with Gasteiger partial charge in [-0.25, -0.2) is 0 Å². The minimum Gasteiger partial charge on any atom is -0.347 e. The van der Waals surface area contributed by atoms with Crippen LogP contribution in [0.4, 0.5) is 5.69 Å². The van der Waals surface area contributed by atoms with Crippen LogP contribution in [0, 0.1) is 0 Å². The zero-order valence-corrected chi connectivity index (χ0v) is 33.0. The number of hydrogen-bond donors (Lipinski definition) is 0. The summed E-state index contributed by atoms with van der Waals surface area (Å²) in [4.78, 5) is 2.38. The van der Waals surface area contributed by atoms with Crippen molar-refractivity contribution in [2.45, 2.75) is 50.9 Å². The lowest BCUT2D eigenvalue weighted by atomic mass is 9.62. The highest BCUT2D eigenvalue weighted by atomic mass is 15.1. The third-order valence-electron chi connectivity index (χ3n) is 14.4. The van der Waals surface area contributed by atoms with Gasteiger partial charge in [-0.3, -0.25) is 0 Å². The second-order valence-corrected chi connectivity index (χ2v) is 17.8. The molecule has 8 aromatic rings. The van der Waals surface area contributed by atoms with Crippen LogP contribution in [0.15, 0.2) is 145 Å². The van der Waals surface area contributed by atoms with Crippen molar-refractivity contribution >= 4 is 43.8 Å². The van der Waals surface area contributed by atoms with Gasteiger partial charge in [0, 0.05) is 64.0 Å². The van der Waals surface area contributed by atoms with Gasteiger partial charge in [-0.05, 0) is 132 Å². The lowest BCUT2D eigenvalue weighted by Crippen LogP contribution is -2.28. The summed E-state index contributed by atoms with van der Waals surface area (Å²) in [6.07, 6.45) is 5.76. The van der Waals surface area contributed by atoms with Gasteiger partial charge in [0.05, 0.1) is 0 Å². The molecule has 0 bridgehead atoms. The summed E-state index contributed by atoms with van der Waals surface area (Å²) in [5, 5.41) is 5.49. The fourth-order valence-corrected chi connectivity index (χ4v) is 11.3. The number of anilines is 1. The number of rotatable bonds is 2. The van der Waals surface area contributed by atoms with E-state index >= 15 is 0 Å². The molecule has 0 spiro atoms. The van der Waals surface area contributed by atoms with Gasteiger partial charge in [0.2, 0.25) is 0 Å². The molecule has 4 aliphatic rings. The van der Waals surface area contributed by atoms with Gasteiger partial charge >= 0.3 is 0 Å². The molecule has 270 valence electrons. The molecule has 2 nitrogen and oxygen atoms in total. The molecule has 0 saturated heterocycles. The quantitative estimate of drug-likeness (QED) is 0.173. The van der Waals surface area contributed by atoms with Crippen LogP contribution in [0.2, 0.25) is 0 Å². The molecule has 0 radical (unpaired) electrons. The second-order valence-electron chi connectivity index (χ2n) is 17.8. The number of nitrogens with zero attached hydrogens (tertiary/aromatic N) is 2. The summed E-state index contributed by atoms with van der Waals surface area (Å²) >= 11 is 0. The molecule has 0 saturated carbocycles. The van der Waals surface area contributed by atoms with Crippen molar-refractivity contribution in [1.82, 2.24) is 4.57 Å². The maximum atomic E-state index is 2.52. The molecule has 1 atom stereocenters. The summed E-state index contributed by atoms with van der Waals surface area (Å²) in [6, 6.07) is 49.0. The Morgan fingerprint density at radius 2 is 1.07 bits per heavy atom. The zero-order chi connectivity index (χ0) is 37.8. The molecule has 1 unspecified atom stereocenters. The molecule has 0 fully saturated rings. The molecule has 3 aliphatic carbocycles. The van der Waals surface area contributed by atoms with Crippen LogP contribution in [0.1, 0.15) is 73.4 Å². The maximum Gasteiger partial charge on any atom is 0.0489 e. The van der Waals surface area contributed by atoms with Crippen molar-refractivity contribution in [2.75, 3.05) is 11.9 Å². The molecular weight excluding hydrogens is 677 g/mol. The van der Waals surface area contributed by atoms with Crippen molar-refractivity contribution in [3.8, 4) is 33.4 Å². The van der Waals surface area contributed by atoms with E-state index in [0.29, 0.717) is 5.92 Å². The maximum absolute atomic E-state index is 2.52. The number of likely N-dealkylation sites (N-methyl/N-ethyl adjacent to an activating group) is 1. The van der Waals surface area contributed by atoms with Crippen LogP contribution in [-0.2, 0) is 17.9 Å². The van der Waals surface area contributed by atoms with Crippen LogP contribution in [0.25, 0.3) is 71.5 Å². The summed E-state index contributed by atoms with van der Waals surface area (Å²) in [6.45, 7) is 9.75. The number of benzene rings is 7. The minimum absolute atomic E-state index is 0.152. The van der Waals surface area contributed by atoms with Gasteiger partial charge < -0.3 is 9.47 Å². The van der Waals surface area contributed by atoms with Crippen LogP contribution in [-0.4, -0.2) is 11.6 Å². The Kier molecular flexibility index (Phi) is 6.20. The van der Waals surface area contributed by atoms with E-state index in [2.05, 4.69) is 191 Å². The van der Waals surface area contributed by atoms with Gasteiger partial charge in [0.1, 0.15) is 0 Å². The molecule has 2 heteroatoms. The first-order chi connectivity index (χ1) is 27.1. The predicted molar refractivity (Wildman–Crippen MR) is 237 cm³/mol. The first-order valence-electron chi connectivity index (χ1n) is 20.2. The van der Waals surface area contributed by atoms with E-state index in [1.807, 2.05) is 0 Å². The SMILES string of the molecule is CN1C2=CC=C(c3ccc4c(c3)C(C)(C)c3ccc5c6c(ccc-4c36)-c3ccc(-c4ccc6c(c4)c4ccccc4n6C)cc3C5(C)C)CC2c2ccccc21. The van der Waals surface area contributed by atoms with Crippen molar-refractivity contribution in [1.29, 1.82) is 0 Å². The minimum atomic E-state index is -0.167. The fraction of sp³-hybridized carbons (Fsp3) is 0.185. The molecule has 56 heavy (non-hydrogen) atoms. The van der Waals surface area contributed by atoms with E-state index < -0.39 is 0 Å². The Hall–Kier alpha value is -6.12. The summed E-state index contributed by atoms with van der Waals surface area (Å²) in [5.41, 5.74) is 22.9. The average molecular weight is 721 g/mol. The van der Waals surface area contributed by atoms with Crippen molar-refractivity contribution in [3.63, 3.8) is 0 Å². The van der Waals surface area contributed by atoms with E-state index in [1.165, 1.54) is 116 Å². The highest BCUT2D eigenvalue weighted by molar-refractivity contribution is 6.13. The summed E-state index contributed by atoms with van der Waals surface area (Å²) < 4.78 is 2.31. The van der Waals surface area contributed by atoms with Crippen LogP contribution >= 0.6 is 0 Å². The molecule has 0 amide bonds. The number of aryl methyl sites for hydroxylation is 1. The Morgan fingerprint density at radius 3 is 1.80 bits per heavy atom. The normalized spacial score (nSPS) is 18.0. The first kappa shape index (κ1) is 32.2. The molecule has 1 aliphatic heterocycles. The standard InChI is InChI=1S/C54H44N2/c1-53(2)43-23-24-44-52-40(36-20-16-34(30-46(36)54(44,3)4)32-18-26-50-42(28-32)38-12-8-10-14-48(38)56(50)6)22-21-39(51(43)52)35-19-15-33(29-45(35)53)31-17-25-49-41(27-31)37-11-7-9-13-47(37)55(49)5/h7-27,29-30,42H,28H2,1-6H3. The third kappa shape index (κ3) is 4.02. The monoisotopic (exact) mass is 720 g/mol. The van der Waals surface area contributed by atoms with Crippen LogP contribution < -0.4 is 4.90 Å². The van der Waals surface area contributed by atoms with Gasteiger partial charge in [-0.2, -0.15) is 0 Å². The van der Waals surface area contributed by atoms with Crippen LogP contribution in [0.3, 0.4) is 0 Å². The van der Waals surface area contributed by atoms with Crippen molar-refractivity contribution in [2.24, 2.45) is 7.05 Å². The molecule has 1 aromatic heterocycles. The van der Waals surface area contributed by atoms with E-state index in [1.54, 1.807) is 0 Å². The zero-order valence-electron chi connectivity index (χ0n) is 33.0. The van der Waals surface area contributed by atoms with E-state index in [-0.39, 0.29) is 10.8 Å². The number of allylic oxidation sites excluding steroid dienone is 4. The number of para-hydroxylation sites is 2. The average Bonchev–Trinajstić information content (AvgIpc) is 3.68. The molecule has 2 heterocycles. The molecule has 7 aromatic carbocycles. The van der Waals surface area contributed by atoms with Crippen molar-refractivity contribution in [3.05, 3.63) is 179 Å². The third-order valence-corrected chi connectivity index (χ3v) is 14.4. The molecular formula is C54H44N2. The second kappa shape index (κ2) is 10.8. The van der Waals surface area contributed by atoms with Crippen LogP contribution in [0.5, 0.6) is 0 Å². The van der Waals surface area contributed by atoms with Gasteiger partial charge in [-0.1, -0.05) is 125 Å². The fourth-order valence-electron chi connectivity index (χ4n) is 11.3. The smallest absolute Gasteiger partial charge is 0.0489 e. The number of aromatic nitrogens is 1. The van der Waals surface area contributed by atoms with E-state index in [9.17, 15) is 0 Å². The lowest BCUT2D eigenvalue weighted by Gasteiger charge is -2.41. The topological polar surface area (TPSA) is 8.17 Å². The summed E-state index contributed by atoms with van der Waals surface area (Å²) in [5.74, 6) is 0.410. The van der Waals surface area contributed by atoms with Gasteiger partial charge in [-0.15, -0.1) is 0 Å².